The molecule has 0 aliphatic carbocycles. The molecule has 0 aliphatic heterocycles. The minimum atomic E-state index is -0.411. The van der Waals surface area contributed by atoms with Gasteiger partial charge in [0.2, 0.25) is 5.91 Å². The molecule has 2 atom stereocenters. The number of aliphatic hydroxyl groups is 1. The predicted molar refractivity (Wildman–Crippen MR) is 85.2 cm³/mol. The fourth-order valence-electron chi connectivity index (χ4n) is 1.75. The van der Waals surface area contributed by atoms with Crippen LogP contribution in [0.4, 0.5) is 16.2 Å². The third-order valence-electron chi connectivity index (χ3n) is 3.27. The van der Waals surface area contributed by atoms with Crippen LogP contribution in [-0.2, 0) is 4.79 Å². The van der Waals surface area contributed by atoms with Crippen molar-refractivity contribution in [3.05, 3.63) is 18.2 Å². The summed E-state index contributed by atoms with van der Waals surface area (Å²) in [7, 11) is 1.49. The number of nitrogens with one attached hydrogen (secondary N) is 3. The summed E-state index contributed by atoms with van der Waals surface area (Å²) >= 11 is 0. The van der Waals surface area contributed by atoms with Crippen molar-refractivity contribution in [2.75, 3.05) is 24.4 Å². The van der Waals surface area contributed by atoms with E-state index in [1.807, 2.05) is 13.8 Å². The van der Waals surface area contributed by atoms with E-state index in [0.717, 1.165) is 0 Å². The molecular weight excluding hydrogens is 286 g/mol. The molecule has 1 aromatic carbocycles. The van der Waals surface area contributed by atoms with Crippen molar-refractivity contribution in [1.29, 1.82) is 0 Å². The zero-order valence-electron chi connectivity index (χ0n) is 13.3. The monoisotopic (exact) mass is 309 g/mol. The molecule has 0 aliphatic rings. The van der Waals surface area contributed by atoms with Crippen molar-refractivity contribution < 1.29 is 19.4 Å². The second-order valence-corrected chi connectivity index (χ2v) is 5.14. The minimum absolute atomic E-state index is 0.0111. The fourth-order valence-corrected chi connectivity index (χ4v) is 1.75. The van der Waals surface area contributed by atoms with Crippen LogP contribution < -0.4 is 20.7 Å². The zero-order valence-corrected chi connectivity index (χ0v) is 13.3. The molecule has 0 saturated carbocycles. The van der Waals surface area contributed by atoms with Gasteiger partial charge in [0.25, 0.3) is 0 Å². The first-order valence-electron chi connectivity index (χ1n) is 7.01. The number of carbonyl (C=O) groups excluding carboxylic acids is 2. The molecule has 0 aromatic heterocycles. The van der Waals surface area contributed by atoms with E-state index in [4.69, 9.17) is 9.84 Å². The van der Waals surface area contributed by atoms with E-state index in [1.165, 1.54) is 14.0 Å². The van der Waals surface area contributed by atoms with Crippen molar-refractivity contribution in [2.24, 2.45) is 5.92 Å². The van der Waals surface area contributed by atoms with E-state index >= 15 is 0 Å². The van der Waals surface area contributed by atoms with Crippen LogP contribution in [0.25, 0.3) is 0 Å². The van der Waals surface area contributed by atoms with Gasteiger partial charge in [-0.3, -0.25) is 4.79 Å². The number of benzene rings is 1. The third-order valence-corrected chi connectivity index (χ3v) is 3.27. The average Bonchev–Trinajstić information content (AvgIpc) is 2.45. The van der Waals surface area contributed by atoms with Gasteiger partial charge in [0, 0.05) is 25.3 Å². The van der Waals surface area contributed by atoms with Crippen LogP contribution in [0, 0.1) is 5.92 Å². The molecule has 0 unspecified atom stereocenters. The van der Waals surface area contributed by atoms with Crippen molar-refractivity contribution in [3.63, 3.8) is 0 Å². The molecule has 3 amide bonds. The van der Waals surface area contributed by atoms with E-state index in [0.29, 0.717) is 17.1 Å². The maximum atomic E-state index is 12.0. The first-order chi connectivity index (χ1) is 10.4. The Labute approximate surface area is 130 Å². The highest BCUT2D eigenvalue weighted by Gasteiger charge is 2.15. The number of methoxy groups -OCH3 is 1. The molecular formula is C15H23N3O4. The zero-order chi connectivity index (χ0) is 16.7. The van der Waals surface area contributed by atoms with Gasteiger partial charge < -0.3 is 25.8 Å². The second kappa shape index (κ2) is 8.23. The van der Waals surface area contributed by atoms with Gasteiger partial charge >= 0.3 is 6.03 Å². The van der Waals surface area contributed by atoms with Gasteiger partial charge in [0.15, 0.2) is 0 Å². The Bertz CT molecular complexity index is 534. The lowest BCUT2D eigenvalue weighted by molar-refractivity contribution is -0.114. The molecule has 0 saturated heterocycles. The molecule has 0 fully saturated rings. The topological polar surface area (TPSA) is 99.7 Å². The highest BCUT2D eigenvalue weighted by Crippen LogP contribution is 2.27. The first kappa shape index (κ1) is 17.8. The number of hydrogen-bond donors (Lipinski definition) is 4. The highest BCUT2D eigenvalue weighted by molar-refractivity contribution is 5.94. The number of anilines is 2. The van der Waals surface area contributed by atoms with Gasteiger partial charge in [-0.05, 0) is 31.0 Å². The van der Waals surface area contributed by atoms with E-state index in [-0.39, 0.29) is 24.5 Å². The molecule has 0 bridgehead atoms. The van der Waals surface area contributed by atoms with Gasteiger partial charge in [0.05, 0.1) is 12.8 Å². The lowest BCUT2D eigenvalue weighted by Gasteiger charge is -2.20. The molecule has 0 heterocycles. The molecule has 0 radical (unpaired) electrons. The molecule has 122 valence electrons. The minimum Gasteiger partial charge on any atom is -0.495 e. The Morgan fingerprint density at radius 2 is 1.95 bits per heavy atom. The van der Waals surface area contributed by atoms with E-state index in [9.17, 15) is 9.59 Å². The Morgan fingerprint density at radius 1 is 1.27 bits per heavy atom. The maximum Gasteiger partial charge on any atom is 0.319 e. The third kappa shape index (κ3) is 5.25. The number of aliphatic hydroxyl groups excluding tert-OH is 1. The largest absolute Gasteiger partial charge is 0.495 e. The highest BCUT2D eigenvalue weighted by atomic mass is 16.5. The SMILES string of the molecule is COc1ccc(NC(C)=O)cc1NC(=O)N[C@@H](C)[C@@H](C)CO. The van der Waals surface area contributed by atoms with E-state index in [1.54, 1.807) is 18.2 Å². The number of urea groups is 1. The average molecular weight is 309 g/mol. The number of carbonyl (C=O) groups is 2. The molecule has 0 spiro atoms. The van der Waals surface area contributed by atoms with Crippen molar-refractivity contribution in [1.82, 2.24) is 5.32 Å². The second-order valence-electron chi connectivity index (χ2n) is 5.14. The normalized spacial score (nSPS) is 13.0. The molecule has 1 aromatic rings. The van der Waals surface area contributed by atoms with Crippen LogP contribution in [0.3, 0.4) is 0 Å². The first-order valence-corrected chi connectivity index (χ1v) is 7.01. The number of ether oxygens (including phenoxy) is 1. The standard InChI is InChI=1S/C15H23N3O4/c1-9(8-19)10(2)16-15(21)18-13-7-12(17-11(3)20)5-6-14(13)22-4/h5-7,9-10,19H,8H2,1-4H3,(H,17,20)(H2,16,18,21)/t9-,10-/m0/s1. The summed E-state index contributed by atoms with van der Waals surface area (Å²) < 4.78 is 5.18. The summed E-state index contributed by atoms with van der Waals surface area (Å²) in [6.07, 6.45) is 0. The van der Waals surface area contributed by atoms with Crippen LogP contribution >= 0.6 is 0 Å². The van der Waals surface area contributed by atoms with E-state index < -0.39 is 6.03 Å². The Balaban J connectivity index is 2.81. The van der Waals surface area contributed by atoms with Gasteiger partial charge in [-0.15, -0.1) is 0 Å². The van der Waals surface area contributed by atoms with Gasteiger partial charge in [-0.1, -0.05) is 6.92 Å². The van der Waals surface area contributed by atoms with Gasteiger partial charge in [-0.2, -0.15) is 0 Å². The molecule has 7 heteroatoms. The predicted octanol–water partition coefficient (Wildman–Crippen LogP) is 1.79. The Morgan fingerprint density at radius 3 is 2.50 bits per heavy atom. The van der Waals surface area contributed by atoms with Gasteiger partial charge in [-0.25, -0.2) is 4.79 Å². The van der Waals surface area contributed by atoms with E-state index in [2.05, 4.69) is 16.0 Å². The van der Waals surface area contributed by atoms with Crippen LogP contribution in [0.1, 0.15) is 20.8 Å². The van der Waals surface area contributed by atoms with Crippen LogP contribution in [-0.4, -0.2) is 36.8 Å². The van der Waals surface area contributed by atoms with Crippen LogP contribution in [0.15, 0.2) is 18.2 Å². The molecule has 1 rings (SSSR count). The number of amides is 3. The summed E-state index contributed by atoms with van der Waals surface area (Å²) in [6.45, 7) is 5.04. The Kier molecular flexibility index (Phi) is 6.65. The van der Waals surface area contributed by atoms with Crippen LogP contribution in [0.2, 0.25) is 0 Å². The summed E-state index contributed by atoms with van der Waals surface area (Å²) in [5.74, 6) is 0.219. The van der Waals surface area contributed by atoms with Crippen molar-refractivity contribution in [2.45, 2.75) is 26.8 Å². The van der Waals surface area contributed by atoms with Crippen molar-refractivity contribution in [3.8, 4) is 5.75 Å². The van der Waals surface area contributed by atoms with Gasteiger partial charge in [0.1, 0.15) is 5.75 Å². The number of hydrogen-bond acceptors (Lipinski definition) is 4. The summed E-state index contributed by atoms with van der Waals surface area (Å²) in [6, 6.07) is 4.35. The fraction of sp³-hybridized carbons (Fsp3) is 0.467. The number of rotatable bonds is 6. The summed E-state index contributed by atoms with van der Waals surface area (Å²) in [5, 5.41) is 17.1. The lowest BCUT2D eigenvalue weighted by Crippen LogP contribution is -2.40. The van der Waals surface area contributed by atoms with Crippen LogP contribution in [0.5, 0.6) is 5.75 Å². The molecule has 22 heavy (non-hydrogen) atoms. The molecule has 7 nitrogen and oxygen atoms in total. The van der Waals surface area contributed by atoms with Crippen molar-refractivity contribution >= 4 is 23.3 Å². The smallest absolute Gasteiger partial charge is 0.319 e. The Hall–Kier alpha value is -2.28. The summed E-state index contributed by atoms with van der Waals surface area (Å²) in [4.78, 5) is 23.1. The quantitative estimate of drug-likeness (QED) is 0.643. The summed E-state index contributed by atoms with van der Waals surface area (Å²) in [5.41, 5.74) is 0.996. The molecule has 4 N–H and O–H groups in total. The lowest BCUT2D eigenvalue weighted by atomic mass is 10.1. The maximum absolute atomic E-state index is 12.0.